The second kappa shape index (κ2) is 15.3. The molecule has 3 heteroatoms. The van der Waals surface area contributed by atoms with E-state index in [-0.39, 0.29) is 11.3 Å². The molecule has 1 aromatic rings. The number of aryl methyl sites for hydroxylation is 1. The largest absolute Gasteiger partial charge is 0.507 e. The Morgan fingerprint density at radius 3 is 2.00 bits per heavy atom. The lowest BCUT2D eigenvalue weighted by molar-refractivity contribution is 0.0692. The van der Waals surface area contributed by atoms with Gasteiger partial charge in [0.15, 0.2) is 0 Å². The number of rotatable bonds is 16. The van der Waals surface area contributed by atoms with Crippen molar-refractivity contribution in [3.05, 3.63) is 41.5 Å². The highest BCUT2D eigenvalue weighted by atomic mass is 16.4. The Morgan fingerprint density at radius 1 is 0.852 bits per heavy atom. The van der Waals surface area contributed by atoms with Gasteiger partial charge in [-0.1, -0.05) is 82.6 Å². The number of phenols is 1. The second-order valence-corrected chi connectivity index (χ2v) is 7.45. The van der Waals surface area contributed by atoms with Crippen LogP contribution in [0.4, 0.5) is 0 Å². The Balaban J connectivity index is 1.98. The lowest BCUT2D eigenvalue weighted by Crippen LogP contribution is -2.03. The molecule has 0 amide bonds. The summed E-state index contributed by atoms with van der Waals surface area (Å²) >= 11 is 0. The quantitative estimate of drug-likeness (QED) is 0.236. The van der Waals surface area contributed by atoms with Crippen LogP contribution in [-0.2, 0) is 6.42 Å². The van der Waals surface area contributed by atoms with Crippen molar-refractivity contribution in [1.82, 2.24) is 0 Å². The van der Waals surface area contributed by atoms with Crippen LogP contribution in [-0.4, -0.2) is 16.2 Å². The summed E-state index contributed by atoms with van der Waals surface area (Å²) in [6, 6.07) is 4.97. The Morgan fingerprint density at radius 2 is 1.41 bits per heavy atom. The van der Waals surface area contributed by atoms with E-state index in [0.717, 1.165) is 24.8 Å². The lowest BCUT2D eigenvalue weighted by Gasteiger charge is -2.07. The number of allylic oxidation sites excluding steroid dienone is 2. The molecule has 0 spiro atoms. The summed E-state index contributed by atoms with van der Waals surface area (Å²) in [5.74, 6) is -1.17. The van der Waals surface area contributed by atoms with Crippen LogP contribution in [0.3, 0.4) is 0 Å². The summed E-state index contributed by atoms with van der Waals surface area (Å²) in [5.41, 5.74) is 0.808. The first-order chi connectivity index (χ1) is 13.2. The normalized spacial score (nSPS) is 11.3. The highest BCUT2D eigenvalue weighted by Gasteiger charge is 2.14. The number of hydrogen-bond acceptors (Lipinski definition) is 2. The topological polar surface area (TPSA) is 57.5 Å². The van der Waals surface area contributed by atoms with Crippen molar-refractivity contribution in [2.24, 2.45) is 0 Å². The number of aromatic carboxylic acids is 1. The minimum Gasteiger partial charge on any atom is -0.507 e. The van der Waals surface area contributed by atoms with Crippen LogP contribution in [0.1, 0.15) is 106 Å². The van der Waals surface area contributed by atoms with E-state index in [9.17, 15) is 15.0 Å². The fourth-order valence-corrected chi connectivity index (χ4v) is 3.43. The molecule has 0 fully saturated rings. The molecule has 0 radical (unpaired) electrons. The maximum Gasteiger partial charge on any atom is 0.339 e. The minimum absolute atomic E-state index is 0.0666. The van der Waals surface area contributed by atoms with Crippen LogP contribution in [0.15, 0.2) is 30.4 Å². The van der Waals surface area contributed by atoms with Crippen LogP contribution < -0.4 is 0 Å². The number of unbranched alkanes of at least 4 members (excludes halogenated alkanes) is 11. The molecule has 0 atom stereocenters. The van der Waals surface area contributed by atoms with Crippen LogP contribution in [0.2, 0.25) is 0 Å². The monoisotopic (exact) mass is 374 g/mol. The predicted molar refractivity (Wildman–Crippen MR) is 114 cm³/mol. The molecule has 0 aromatic heterocycles. The molecule has 0 bridgehead atoms. The Bertz CT molecular complexity index is 549. The van der Waals surface area contributed by atoms with E-state index >= 15 is 0 Å². The van der Waals surface area contributed by atoms with E-state index in [2.05, 4.69) is 19.1 Å². The third kappa shape index (κ3) is 10.8. The standard InChI is InChI=1S/C24H38O3/c1-2-3-4-5-6-7-8-9-10-11-12-13-14-15-16-18-21-19-17-20-22(25)23(21)24(26)27/h6-7,17,19-20,25H,2-5,8-16,18H2,1H3,(H,26,27). The summed E-state index contributed by atoms with van der Waals surface area (Å²) in [6.07, 6.45) is 21.7. The van der Waals surface area contributed by atoms with Crippen molar-refractivity contribution in [3.8, 4) is 5.75 Å². The van der Waals surface area contributed by atoms with Crippen LogP contribution >= 0.6 is 0 Å². The van der Waals surface area contributed by atoms with Gasteiger partial charge in [-0.25, -0.2) is 4.79 Å². The first-order valence-electron chi connectivity index (χ1n) is 10.9. The number of aromatic hydroxyl groups is 1. The summed E-state index contributed by atoms with van der Waals surface area (Å²) in [5, 5.41) is 18.9. The molecule has 3 nitrogen and oxygen atoms in total. The van der Waals surface area contributed by atoms with Crippen molar-refractivity contribution in [1.29, 1.82) is 0 Å². The van der Waals surface area contributed by atoms with Gasteiger partial charge in [-0.05, 0) is 50.2 Å². The van der Waals surface area contributed by atoms with Crippen molar-refractivity contribution in [2.45, 2.75) is 96.8 Å². The first-order valence-corrected chi connectivity index (χ1v) is 10.9. The van der Waals surface area contributed by atoms with Crippen LogP contribution in [0, 0.1) is 0 Å². The van der Waals surface area contributed by atoms with E-state index in [1.807, 2.05) is 0 Å². The van der Waals surface area contributed by atoms with E-state index < -0.39 is 5.97 Å². The molecule has 0 saturated carbocycles. The maximum atomic E-state index is 11.2. The van der Waals surface area contributed by atoms with Crippen LogP contribution in [0.25, 0.3) is 0 Å². The molecule has 0 aliphatic rings. The number of carboxylic acids is 1. The Hall–Kier alpha value is -1.77. The van der Waals surface area contributed by atoms with Gasteiger partial charge in [0.05, 0.1) is 0 Å². The first kappa shape index (κ1) is 23.3. The fourth-order valence-electron chi connectivity index (χ4n) is 3.43. The Kier molecular flexibility index (Phi) is 13.2. The van der Waals surface area contributed by atoms with Gasteiger partial charge in [-0.15, -0.1) is 0 Å². The van der Waals surface area contributed by atoms with Gasteiger partial charge in [0.2, 0.25) is 0 Å². The third-order valence-electron chi connectivity index (χ3n) is 5.05. The van der Waals surface area contributed by atoms with Crippen molar-refractivity contribution < 1.29 is 15.0 Å². The molecule has 1 aromatic carbocycles. The molecule has 0 unspecified atom stereocenters. The third-order valence-corrected chi connectivity index (χ3v) is 5.05. The molecule has 0 aliphatic carbocycles. The number of carbonyl (C=O) groups is 1. The molecule has 0 aliphatic heterocycles. The van der Waals surface area contributed by atoms with Gasteiger partial charge in [0.25, 0.3) is 0 Å². The number of benzene rings is 1. The molecular weight excluding hydrogens is 336 g/mol. The van der Waals surface area contributed by atoms with Gasteiger partial charge in [-0.2, -0.15) is 0 Å². The maximum absolute atomic E-state index is 11.2. The van der Waals surface area contributed by atoms with E-state index in [1.165, 1.54) is 76.7 Å². The van der Waals surface area contributed by atoms with Crippen molar-refractivity contribution >= 4 is 5.97 Å². The number of hydrogen-bond donors (Lipinski definition) is 2. The highest BCUT2D eigenvalue weighted by molar-refractivity contribution is 5.92. The summed E-state index contributed by atoms with van der Waals surface area (Å²) < 4.78 is 0. The van der Waals surface area contributed by atoms with Crippen LogP contribution in [0.5, 0.6) is 5.75 Å². The SMILES string of the molecule is CCCCCC=CCCCCCCCCCCc1cccc(O)c1C(=O)O. The van der Waals surface area contributed by atoms with Crippen molar-refractivity contribution in [2.75, 3.05) is 0 Å². The number of carboxylic acid groups (broad SMARTS) is 1. The van der Waals surface area contributed by atoms with Crippen molar-refractivity contribution in [3.63, 3.8) is 0 Å². The predicted octanol–water partition coefficient (Wildman–Crippen LogP) is 7.28. The second-order valence-electron chi connectivity index (χ2n) is 7.45. The highest BCUT2D eigenvalue weighted by Crippen LogP contribution is 2.23. The fraction of sp³-hybridized carbons (Fsp3) is 0.625. The molecule has 0 heterocycles. The minimum atomic E-state index is -1.04. The summed E-state index contributed by atoms with van der Waals surface area (Å²) in [7, 11) is 0. The van der Waals surface area contributed by atoms with Gasteiger partial charge in [0.1, 0.15) is 11.3 Å². The van der Waals surface area contributed by atoms with Gasteiger partial charge < -0.3 is 10.2 Å². The molecular formula is C24H38O3. The lowest BCUT2D eigenvalue weighted by atomic mass is 9.99. The van der Waals surface area contributed by atoms with Gasteiger partial charge in [-0.3, -0.25) is 0 Å². The summed E-state index contributed by atoms with van der Waals surface area (Å²) in [6.45, 7) is 2.24. The average molecular weight is 375 g/mol. The zero-order valence-electron chi connectivity index (χ0n) is 17.1. The average Bonchev–Trinajstić information content (AvgIpc) is 2.64. The van der Waals surface area contributed by atoms with E-state index in [0.29, 0.717) is 0 Å². The molecule has 0 saturated heterocycles. The molecule has 27 heavy (non-hydrogen) atoms. The molecule has 1 rings (SSSR count). The summed E-state index contributed by atoms with van der Waals surface area (Å²) in [4.78, 5) is 11.2. The van der Waals surface area contributed by atoms with Gasteiger partial charge >= 0.3 is 5.97 Å². The van der Waals surface area contributed by atoms with E-state index in [4.69, 9.17) is 0 Å². The zero-order valence-corrected chi connectivity index (χ0v) is 17.1. The smallest absolute Gasteiger partial charge is 0.339 e. The van der Waals surface area contributed by atoms with E-state index in [1.54, 1.807) is 12.1 Å². The molecule has 2 N–H and O–H groups in total. The zero-order chi connectivity index (χ0) is 19.7. The van der Waals surface area contributed by atoms with Gasteiger partial charge in [0, 0.05) is 0 Å². The Labute approximate surface area is 165 Å². The molecule has 152 valence electrons.